The number of methoxy groups -OCH3 is 1. The Morgan fingerprint density at radius 3 is 2.16 bits per heavy atom. The highest BCUT2D eigenvalue weighted by atomic mass is 16.5. The maximum Gasteiger partial charge on any atom is 0.310 e. The molecule has 32 heavy (non-hydrogen) atoms. The van der Waals surface area contributed by atoms with E-state index >= 15 is 0 Å². The minimum Gasteiger partial charge on any atom is -0.497 e. The van der Waals surface area contributed by atoms with E-state index in [0.29, 0.717) is 11.3 Å². The zero-order chi connectivity index (χ0) is 22.7. The Kier molecular flexibility index (Phi) is 5.81. The summed E-state index contributed by atoms with van der Waals surface area (Å²) in [7, 11) is 1.55. The molecule has 1 aliphatic carbocycles. The number of amides is 1. The molecule has 1 aliphatic rings. The molecule has 0 fully saturated rings. The van der Waals surface area contributed by atoms with E-state index in [1.54, 1.807) is 67.8 Å². The SMILES string of the molecule is COc1ccc(CC(=O)OCC(=O)Nc2cccc3c2C(=O)c2ccccc2C3=O)cc1. The van der Waals surface area contributed by atoms with Crippen LogP contribution in [-0.2, 0) is 20.7 Å². The highest BCUT2D eigenvalue weighted by Gasteiger charge is 2.31. The Morgan fingerprint density at radius 2 is 1.47 bits per heavy atom. The molecule has 7 heteroatoms. The van der Waals surface area contributed by atoms with E-state index in [1.165, 1.54) is 6.07 Å². The van der Waals surface area contributed by atoms with Crippen LogP contribution in [0.5, 0.6) is 5.75 Å². The van der Waals surface area contributed by atoms with Crippen molar-refractivity contribution >= 4 is 29.1 Å². The van der Waals surface area contributed by atoms with Crippen LogP contribution in [0.15, 0.2) is 66.7 Å². The minimum atomic E-state index is -0.611. The topological polar surface area (TPSA) is 98.8 Å². The maximum absolute atomic E-state index is 13.0. The van der Waals surface area contributed by atoms with Gasteiger partial charge >= 0.3 is 5.97 Å². The van der Waals surface area contributed by atoms with Crippen LogP contribution in [-0.4, -0.2) is 37.2 Å². The molecule has 3 aromatic rings. The second kappa shape index (κ2) is 8.85. The molecule has 0 atom stereocenters. The first-order chi connectivity index (χ1) is 15.5. The van der Waals surface area contributed by atoms with Crippen molar-refractivity contribution in [2.45, 2.75) is 6.42 Å². The van der Waals surface area contributed by atoms with Gasteiger partial charge in [0, 0.05) is 16.7 Å². The molecule has 0 saturated carbocycles. The number of anilines is 1. The highest BCUT2D eigenvalue weighted by Crippen LogP contribution is 2.31. The van der Waals surface area contributed by atoms with Gasteiger partial charge < -0.3 is 14.8 Å². The van der Waals surface area contributed by atoms with Crippen molar-refractivity contribution in [3.8, 4) is 5.75 Å². The van der Waals surface area contributed by atoms with Crippen molar-refractivity contribution in [3.63, 3.8) is 0 Å². The van der Waals surface area contributed by atoms with Gasteiger partial charge in [-0.15, -0.1) is 0 Å². The quantitative estimate of drug-likeness (QED) is 0.473. The van der Waals surface area contributed by atoms with Gasteiger partial charge in [0.05, 0.1) is 24.8 Å². The van der Waals surface area contributed by atoms with Gasteiger partial charge in [-0.05, 0) is 23.8 Å². The van der Waals surface area contributed by atoms with Crippen molar-refractivity contribution in [2.24, 2.45) is 0 Å². The fourth-order valence-corrected chi connectivity index (χ4v) is 3.54. The van der Waals surface area contributed by atoms with Crippen LogP contribution in [0.3, 0.4) is 0 Å². The Hall–Kier alpha value is -4.26. The van der Waals surface area contributed by atoms with Gasteiger partial charge in [-0.25, -0.2) is 0 Å². The molecule has 0 radical (unpaired) electrons. The average molecular weight is 429 g/mol. The van der Waals surface area contributed by atoms with Gasteiger partial charge in [0.2, 0.25) is 0 Å². The number of carbonyl (C=O) groups is 4. The molecule has 0 bridgehead atoms. The Morgan fingerprint density at radius 1 is 0.812 bits per heavy atom. The molecule has 160 valence electrons. The lowest BCUT2D eigenvalue weighted by molar-refractivity contribution is -0.146. The molecule has 1 amide bonds. The van der Waals surface area contributed by atoms with Crippen LogP contribution in [0, 0.1) is 0 Å². The first-order valence-electron chi connectivity index (χ1n) is 9.88. The monoisotopic (exact) mass is 429 g/mol. The minimum absolute atomic E-state index is 0.00177. The normalized spacial score (nSPS) is 11.9. The molecule has 3 aromatic carbocycles. The van der Waals surface area contributed by atoms with Gasteiger partial charge in [-0.1, -0.05) is 48.5 Å². The summed E-state index contributed by atoms with van der Waals surface area (Å²) in [6.07, 6.45) is 0.00177. The lowest BCUT2D eigenvalue weighted by atomic mass is 9.83. The average Bonchev–Trinajstić information content (AvgIpc) is 2.81. The molecule has 0 heterocycles. The summed E-state index contributed by atoms with van der Waals surface area (Å²) in [6.45, 7) is -0.516. The van der Waals surface area contributed by atoms with E-state index in [1.807, 2.05) is 0 Å². The van der Waals surface area contributed by atoms with Crippen LogP contribution < -0.4 is 10.1 Å². The molecule has 0 spiro atoms. The summed E-state index contributed by atoms with van der Waals surface area (Å²) in [5, 5.41) is 2.58. The zero-order valence-electron chi connectivity index (χ0n) is 17.2. The molecular weight excluding hydrogens is 410 g/mol. The molecule has 0 unspecified atom stereocenters. The van der Waals surface area contributed by atoms with E-state index < -0.39 is 18.5 Å². The molecule has 0 aromatic heterocycles. The fourth-order valence-electron chi connectivity index (χ4n) is 3.54. The number of nitrogens with one attached hydrogen (secondary N) is 1. The number of ether oxygens (including phenoxy) is 2. The molecule has 7 nitrogen and oxygen atoms in total. The Bertz CT molecular complexity index is 1230. The number of benzene rings is 3. The summed E-state index contributed by atoms with van der Waals surface area (Å²) < 4.78 is 10.1. The number of carbonyl (C=O) groups excluding carboxylic acids is 4. The molecule has 1 N–H and O–H groups in total. The predicted octanol–water partition coefficient (Wildman–Crippen LogP) is 3.20. The number of ketones is 2. The zero-order valence-corrected chi connectivity index (χ0v) is 17.2. The van der Waals surface area contributed by atoms with E-state index in [9.17, 15) is 19.2 Å². The Labute approximate surface area is 184 Å². The number of hydrogen-bond acceptors (Lipinski definition) is 6. The van der Waals surface area contributed by atoms with Crippen LogP contribution >= 0.6 is 0 Å². The first-order valence-corrected chi connectivity index (χ1v) is 9.88. The molecule has 4 rings (SSSR count). The number of fused-ring (bicyclic) bond motifs is 2. The van der Waals surface area contributed by atoms with Crippen LogP contribution in [0.25, 0.3) is 0 Å². The third-order valence-electron chi connectivity index (χ3n) is 5.10. The van der Waals surface area contributed by atoms with Crippen molar-refractivity contribution < 1.29 is 28.7 Å². The van der Waals surface area contributed by atoms with Gasteiger partial charge in [-0.2, -0.15) is 0 Å². The number of hydrogen-bond donors (Lipinski definition) is 1. The second-order valence-electron chi connectivity index (χ2n) is 7.17. The highest BCUT2D eigenvalue weighted by molar-refractivity contribution is 6.30. The summed E-state index contributed by atoms with van der Waals surface area (Å²) in [5.41, 5.74) is 1.90. The fraction of sp³-hybridized carbons (Fsp3) is 0.120. The van der Waals surface area contributed by atoms with Crippen molar-refractivity contribution in [1.82, 2.24) is 0 Å². The summed E-state index contributed by atoms with van der Waals surface area (Å²) in [5.74, 6) is -1.13. The molecule has 0 saturated heterocycles. The summed E-state index contributed by atoms with van der Waals surface area (Å²) in [4.78, 5) is 50.2. The Balaban J connectivity index is 1.42. The smallest absolute Gasteiger partial charge is 0.310 e. The maximum atomic E-state index is 13.0. The van der Waals surface area contributed by atoms with Crippen LogP contribution in [0.1, 0.15) is 37.4 Å². The number of esters is 1. The van der Waals surface area contributed by atoms with Crippen molar-refractivity contribution in [1.29, 1.82) is 0 Å². The lowest BCUT2D eigenvalue weighted by Gasteiger charge is -2.20. The standard InChI is InChI=1S/C25H19NO6/c1-31-16-11-9-15(10-12-16)13-22(28)32-14-21(27)26-20-8-4-7-19-23(20)25(30)18-6-3-2-5-17(18)24(19)29/h2-12H,13-14H2,1H3,(H,26,27). The molecule has 0 aliphatic heterocycles. The third kappa shape index (κ3) is 4.13. The van der Waals surface area contributed by atoms with Crippen molar-refractivity contribution in [2.75, 3.05) is 19.0 Å². The van der Waals surface area contributed by atoms with Gasteiger partial charge in [0.15, 0.2) is 18.2 Å². The summed E-state index contributed by atoms with van der Waals surface area (Å²) in [6, 6.07) is 18.2. The molecular formula is C25H19NO6. The second-order valence-corrected chi connectivity index (χ2v) is 7.17. The van der Waals surface area contributed by atoms with E-state index in [0.717, 1.165) is 5.56 Å². The number of rotatable bonds is 6. The van der Waals surface area contributed by atoms with Gasteiger partial charge in [-0.3, -0.25) is 19.2 Å². The van der Waals surface area contributed by atoms with E-state index in [-0.39, 0.29) is 40.4 Å². The van der Waals surface area contributed by atoms with Crippen LogP contribution in [0.4, 0.5) is 5.69 Å². The first kappa shape index (κ1) is 21.0. The lowest BCUT2D eigenvalue weighted by Crippen LogP contribution is -2.26. The van der Waals surface area contributed by atoms with Crippen molar-refractivity contribution in [3.05, 3.63) is 94.5 Å². The van der Waals surface area contributed by atoms with E-state index in [4.69, 9.17) is 9.47 Å². The van der Waals surface area contributed by atoms with Gasteiger partial charge in [0.1, 0.15) is 5.75 Å². The summed E-state index contributed by atoms with van der Waals surface area (Å²) >= 11 is 0. The third-order valence-corrected chi connectivity index (χ3v) is 5.10. The van der Waals surface area contributed by atoms with Crippen LogP contribution in [0.2, 0.25) is 0 Å². The largest absolute Gasteiger partial charge is 0.497 e. The predicted molar refractivity (Wildman–Crippen MR) is 116 cm³/mol. The van der Waals surface area contributed by atoms with E-state index in [2.05, 4.69) is 5.32 Å². The van der Waals surface area contributed by atoms with Gasteiger partial charge in [0.25, 0.3) is 5.91 Å².